The summed E-state index contributed by atoms with van der Waals surface area (Å²) >= 11 is 0. The Balaban J connectivity index is 2.40. The normalized spacial score (nSPS) is 26.4. The summed E-state index contributed by atoms with van der Waals surface area (Å²) < 4.78 is 0. The van der Waals surface area contributed by atoms with Gasteiger partial charge in [0.25, 0.3) is 0 Å². The van der Waals surface area contributed by atoms with E-state index in [2.05, 4.69) is 0 Å². The number of rotatable bonds is 1. The molecule has 1 atom stereocenters. The summed E-state index contributed by atoms with van der Waals surface area (Å²) in [4.78, 5) is 0. The first-order valence-electron chi connectivity index (χ1n) is 2.64. The molecule has 44 valence electrons. The SMILES string of the molecule is [O-]NC1C=CC=CC1. The third-order valence-corrected chi connectivity index (χ3v) is 1.13. The highest BCUT2D eigenvalue weighted by atomic mass is 16.5. The number of hydrogen-bond acceptors (Lipinski definition) is 2. The Morgan fingerprint density at radius 1 is 1.50 bits per heavy atom. The molecular formula is C6H8NO-. The van der Waals surface area contributed by atoms with E-state index in [9.17, 15) is 5.21 Å². The third-order valence-electron chi connectivity index (χ3n) is 1.13. The van der Waals surface area contributed by atoms with Crippen molar-refractivity contribution in [3.05, 3.63) is 29.5 Å². The van der Waals surface area contributed by atoms with Gasteiger partial charge in [-0.05, 0) is 6.42 Å². The van der Waals surface area contributed by atoms with Crippen LogP contribution in [0.4, 0.5) is 0 Å². The molecule has 1 unspecified atom stereocenters. The first kappa shape index (κ1) is 5.54. The first-order valence-corrected chi connectivity index (χ1v) is 2.64. The molecule has 0 spiro atoms. The zero-order chi connectivity index (χ0) is 5.82. The molecule has 1 rings (SSSR count). The monoisotopic (exact) mass is 110 g/mol. The van der Waals surface area contributed by atoms with Gasteiger partial charge >= 0.3 is 0 Å². The predicted octanol–water partition coefficient (Wildman–Crippen LogP) is 0.959. The van der Waals surface area contributed by atoms with Crippen LogP contribution in [0.15, 0.2) is 24.3 Å². The van der Waals surface area contributed by atoms with Crippen molar-refractivity contribution in [2.24, 2.45) is 0 Å². The summed E-state index contributed by atoms with van der Waals surface area (Å²) in [5.74, 6) is 0. The summed E-state index contributed by atoms with van der Waals surface area (Å²) in [5.41, 5.74) is 1.92. The van der Waals surface area contributed by atoms with Gasteiger partial charge in [0, 0.05) is 6.04 Å². The number of allylic oxidation sites excluding steroid dienone is 2. The first-order chi connectivity index (χ1) is 3.93. The van der Waals surface area contributed by atoms with Crippen LogP contribution in [0, 0.1) is 5.21 Å². The highest BCUT2D eigenvalue weighted by Crippen LogP contribution is 2.00. The smallest absolute Gasteiger partial charge is 0.0173 e. The maximum absolute atomic E-state index is 9.95. The lowest BCUT2D eigenvalue weighted by Gasteiger charge is -2.17. The number of nitrogens with one attached hydrogen (secondary N) is 1. The molecule has 0 radical (unpaired) electrons. The van der Waals surface area contributed by atoms with E-state index in [0.717, 1.165) is 6.42 Å². The summed E-state index contributed by atoms with van der Waals surface area (Å²) in [6.07, 6.45) is 8.45. The van der Waals surface area contributed by atoms with Crippen LogP contribution in [0.25, 0.3) is 0 Å². The zero-order valence-electron chi connectivity index (χ0n) is 4.50. The van der Waals surface area contributed by atoms with Gasteiger partial charge in [-0.2, -0.15) is 0 Å². The van der Waals surface area contributed by atoms with Gasteiger partial charge in [-0.3, -0.25) is 0 Å². The molecule has 0 aliphatic heterocycles. The zero-order valence-corrected chi connectivity index (χ0v) is 4.50. The molecular weight excluding hydrogens is 102 g/mol. The van der Waals surface area contributed by atoms with E-state index in [-0.39, 0.29) is 6.04 Å². The van der Waals surface area contributed by atoms with Gasteiger partial charge < -0.3 is 10.7 Å². The van der Waals surface area contributed by atoms with Crippen LogP contribution in [0.3, 0.4) is 0 Å². The topological polar surface area (TPSA) is 35.1 Å². The van der Waals surface area contributed by atoms with E-state index >= 15 is 0 Å². The molecule has 0 saturated heterocycles. The van der Waals surface area contributed by atoms with Gasteiger partial charge in [0.05, 0.1) is 0 Å². The molecule has 1 aliphatic rings. The standard InChI is InChI=1S/C6H8NO/c8-7-6-4-2-1-3-5-6/h1-4,6-7H,5H2/q-1. The van der Waals surface area contributed by atoms with Gasteiger partial charge in [0.15, 0.2) is 0 Å². The number of hydrogen-bond donors (Lipinski definition) is 1. The fourth-order valence-electron chi connectivity index (χ4n) is 0.668. The fraction of sp³-hybridized carbons (Fsp3) is 0.333. The minimum absolute atomic E-state index is 0.0139. The van der Waals surface area contributed by atoms with Gasteiger partial charge in [-0.15, -0.1) is 0 Å². The molecule has 2 heteroatoms. The van der Waals surface area contributed by atoms with Crippen molar-refractivity contribution in [2.75, 3.05) is 0 Å². The maximum atomic E-state index is 9.95. The van der Waals surface area contributed by atoms with Gasteiger partial charge in [-0.25, -0.2) is 0 Å². The molecule has 0 amide bonds. The average Bonchev–Trinajstić information content (AvgIpc) is 1.90. The fourth-order valence-corrected chi connectivity index (χ4v) is 0.668. The van der Waals surface area contributed by atoms with E-state index in [4.69, 9.17) is 0 Å². The summed E-state index contributed by atoms with van der Waals surface area (Å²) in [6, 6.07) is 0.0139. The molecule has 0 aromatic carbocycles. The molecule has 0 bridgehead atoms. The van der Waals surface area contributed by atoms with Crippen molar-refractivity contribution in [3.63, 3.8) is 0 Å². The van der Waals surface area contributed by atoms with Gasteiger partial charge in [0.1, 0.15) is 0 Å². The Morgan fingerprint density at radius 2 is 2.38 bits per heavy atom. The van der Waals surface area contributed by atoms with E-state index in [1.807, 2.05) is 29.8 Å². The number of hydroxylamine groups is 1. The molecule has 0 fully saturated rings. The van der Waals surface area contributed by atoms with Crippen molar-refractivity contribution in [1.29, 1.82) is 0 Å². The predicted molar refractivity (Wildman–Crippen MR) is 33.2 cm³/mol. The molecule has 0 heterocycles. The quantitative estimate of drug-likeness (QED) is 0.510. The van der Waals surface area contributed by atoms with Crippen molar-refractivity contribution in [1.82, 2.24) is 5.48 Å². The Kier molecular flexibility index (Phi) is 1.83. The molecule has 0 aromatic heterocycles. The van der Waals surface area contributed by atoms with Gasteiger partial charge in [-0.1, -0.05) is 24.3 Å². The molecule has 0 saturated carbocycles. The van der Waals surface area contributed by atoms with Crippen molar-refractivity contribution < 1.29 is 0 Å². The molecule has 1 N–H and O–H groups in total. The largest absolute Gasteiger partial charge is 0.787 e. The highest BCUT2D eigenvalue weighted by molar-refractivity contribution is 5.13. The molecule has 2 nitrogen and oxygen atoms in total. The second-order valence-corrected chi connectivity index (χ2v) is 1.77. The summed E-state index contributed by atoms with van der Waals surface area (Å²) in [7, 11) is 0. The minimum Gasteiger partial charge on any atom is -0.787 e. The van der Waals surface area contributed by atoms with Crippen LogP contribution in [0.1, 0.15) is 6.42 Å². The van der Waals surface area contributed by atoms with Crippen molar-refractivity contribution in [2.45, 2.75) is 12.5 Å². The average molecular weight is 110 g/mol. The van der Waals surface area contributed by atoms with E-state index < -0.39 is 0 Å². The second-order valence-electron chi connectivity index (χ2n) is 1.77. The van der Waals surface area contributed by atoms with Crippen molar-refractivity contribution >= 4 is 0 Å². The third kappa shape index (κ3) is 1.18. The Hall–Kier alpha value is -0.600. The van der Waals surface area contributed by atoms with Crippen LogP contribution in [0.2, 0.25) is 0 Å². The van der Waals surface area contributed by atoms with E-state index in [0.29, 0.717) is 0 Å². The lowest BCUT2D eigenvalue weighted by atomic mass is 10.1. The van der Waals surface area contributed by atoms with Crippen LogP contribution in [0.5, 0.6) is 0 Å². The van der Waals surface area contributed by atoms with E-state index in [1.165, 1.54) is 0 Å². The Labute approximate surface area is 48.5 Å². The van der Waals surface area contributed by atoms with Crippen molar-refractivity contribution in [3.8, 4) is 0 Å². The Morgan fingerprint density at radius 3 is 2.75 bits per heavy atom. The lowest BCUT2D eigenvalue weighted by Crippen LogP contribution is -2.20. The Bertz CT molecular complexity index is 118. The highest BCUT2D eigenvalue weighted by Gasteiger charge is 1.95. The summed E-state index contributed by atoms with van der Waals surface area (Å²) in [5, 5.41) is 9.95. The minimum atomic E-state index is 0.0139. The van der Waals surface area contributed by atoms with Gasteiger partial charge in [0.2, 0.25) is 0 Å². The second kappa shape index (κ2) is 2.64. The van der Waals surface area contributed by atoms with Crippen LogP contribution < -0.4 is 5.48 Å². The maximum Gasteiger partial charge on any atom is 0.0173 e. The summed E-state index contributed by atoms with van der Waals surface area (Å²) in [6.45, 7) is 0. The van der Waals surface area contributed by atoms with Crippen LogP contribution in [-0.2, 0) is 0 Å². The van der Waals surface area contributed by atoms with E-state index in [1.54, 1.807) is 0 Å². The molecule has 8 heavy (non-hydrogen) atoms. The molecule has 1 aliphatic carbocycles. The van der Waals surface area contributed by atoms with Crippen LogP contribution >= 0.6 is 0 Å². The lowest BCUT2D eigenvalue weighted by molar-refractivity contribution is 0.707. The molecule has 0 aromatic rings. The van der Waals surface area contributed by atoms with Crippen LogP contribution in [-0.4, -0.2) is 6.04 Å².